The van der Waals surface area contributed by atoms with Gasteiger partial charge >= 0.3 is 0 Å². The number of sulfonamides is 1. The SMILES string of the molecule is Cc1cc(S(=O)(=O)NC2CCN(C)CC2C)sc1CN. The number of piperidine rings is 1. The van der Waals surface area contributed by atoms with Gasteiger partial charge in [-0.15, -0.1) is 11.3 Å². The van der Waals surface area contributed by atoms with E-state index in [2.05, 4.69) is 23.6 Å². The smallest absolute Gasteiger partial charge is 0.250 e. The molecule has 2 atom stereocenters. The Morgan fingerprint density at radius 3 is 2.80 bits per heavy atom. The molecule has 0 radical (unpaired) electrons. The minimum absolute atomic E-state index is 0.0138. The van der Waals surface area contributed by atoms with Crippen LogP contribution in [0.4, 0.5) is 0 Å². The van der Waals surface area contributed by atoms with Crippen molar-refractivity contribution in [2.45, 2.75) is 37.1 Å². The Morgan fingerprint density at radius 2 is 2.25 bits per heavy atom. The average molecular weight is 317 g/mol. The number of likely N-dealkylation sites (tertiary alicyclic amines) is 1. The molecule has 20 heavy (non-hydrogen) atoms. The highest BCUT2D eigenvalue weighted by molar-refractivity contribution is 7.91. The lowest BCUT2D eigenvalue weighted by atomic mass is 9.95. The van der Waals surface area contributed by atoms with Crippen molar-refractivity contribution in [1.29, 1.82) is 0 Å². The zero-order valence-electron chi connectivity index (χ0n) is 12.2. The Labute approximate surface area is 125 Å². The van der Waals surface area contributed by atoms with Gasteiger partial charge in [0, 0.05) is 24.0 Å². The van der Waals surface area contributed by atoms with Gasteiger partial charge in [0.25, 0.3) is 0 Å². The van der Waals surface area contributed by atoms with E-state index >= 15 is 0 Å². The third-order valence-corrected chi connectivity index (χ3v) is 7.09. The van der Waals surface area contributed by atoms with Gasteiger partial charge in [0.2, 0.25) is 10.0 Å². The van der Waals surface area contributed by atoms with Gasteiger partial charge in [-0.25, -0.2) is 13.1 Å². The number of nitrogens with one attached hydrogen (secondary N) is 1. The molecule has 0 amide bonds. The van der Waals surface area contributed by atoms with Crippen LogP contribution in [0.2, 0.25) is 0 Å². The predicted octanol–water partition coefficient (Wildman–Crippen LogP) is 1.13. The molecule has 114 valence electrons. The summed E-state index contributed by atoms with van der Waals surface area (Å²) in [4.78, 5) is 3.17. The maximum Gasteiger partial charge on any atom is 0.250 e. The molecule has 1 aromatic heterocycles. The summed E-state index contributed by atoms with van der Waals surface area (Å²) in [5.41, 5.74) is 6.57. The second kappa shape index (κ2) is 6.11. The number of hydrogen-bond donors (Lipinski definition) is 2. The molecular weight excluding hydrogens is 294 g/mol. The summed E-state index contributed by atoms with van der Waals surface area (Å²) < 4.78 is 28.1. The molecule has 1 aliphatic heterocycles. The number of thiophene rings is 1. The lowest BCUT2D eigenvalue weighted by Gasteiger charge is -2.34. The quantitative estimate of drug-likeness (QED) is 0.873. The molecule has 5 nitrogen and oxygen atoms in total. The van der Waals surface area contributed by atoms with E-state index in [9.17, 15) is 8.42 Å². The summed E-state index contributed by atoms with van der Waals surface area (Å²) in [5.74, 6) is 0.318. The maximum atomic E-state index is 12.5. The molecule has 0 spiro atoms. The van der Waals surface area contributed by atoms with Crippen LogP contribution in [0.25, 0.3) is 0 Å². The van der Waals surface area contributed by atoms with Crippen LogP contribution in [0.1, 0.15) is 23.8 Å². The monoisotopic (exact) mass is 317 g/mol. The molecular formula is C13H23N3O2S2. The third-order valence-electron chi connectivity index (χ3n) is 3.86. The minimum Gasteiger partial charge on any atom is -0.326 e. The van der Waals surface area contributed by atoms with Gasteiger partial charge in [-0.05, 0) is 44.5 Å². The van der Waals surface area contributed by atoms with Crippen LogP contribution >= 0.6 is 11.3 Å². The van der Waals surface area contributed by atoms with Gasteiger partial charge in [0.15, 0.2) is 0 Å². The first-order valence-electron chi connectivity index (χ1n) is 6.83. The zero-order chi connectivity index (χ0) is 14.9. The molecule has 0 aromatic carbocycles. The molecule has 0 bridgehead atoms. The standard InChI is InChI=1S/C13H23N3O2S2/c1-9-6-13(19-12(9)7-14)20(17,18)15-11-4-5-16(3)8-10(11)2/h6,10-11,15H,4-5,7-8,14H2,1-3H3. The number of hydrogen-bond acceptors (Lipinski definition) is 5. The predicted molar refractivity (Wildman–Crippen MR) is 82.3 cm³/mol. The van der Waals surface area contributed by atoms with Gasteiger partial charge in [-0.2, -0.15) is 0 Å². The van der Waals surface area contributed by atoms with E-state index in [4.69, 9.17) is 5.73 Å². The van der Waals surface area contributed by atoms with E-state index < -0.39 is 10.0 Å². The van der Waals surface area contributed by atoms with Crippen molar-refractivity contribution >= 4 is 21.4 Å². The van der Waals surface area contributed by atoms with Crippen molar-refractivity contribution < 1.29 is 8.42 Å². The van der Waals surface area contributed by atoms with Crippen LogP contribution in [-0.2, 0) is 16.6 Å². The summed E-state index contributed by atoms with van der Waals surface area (Å²) >= 11 is 1.27. The number of rotatable bonds is 4. The molecule has 2 heterocycles. The van der Waals surface area contributed by atoms with Crippen LogP contribution < -0.4 is 10.5 Å². The topological polar surface area (TPSA) is 75.4 Å². The molecule has 1 aliphatic rings. The van der Waals surface area contributed by atoms with Crippen LogP contribution in [-0.4, -0.2) is 39.5 Å². The molecule has 1 saturated heterocycles. The highest BCUT2D eigenvalue weighted by atomic mass is 32.2. The van der Waals surface area contributed by atoms with Crippen LogP contribution in [0, 0.1) is 12.8 Å². The van der Waals surface area contributed by atoms with E-state index in [1.165, 1.54) is 11.3 Å². The van der Waals surface area contributed by atoms with Gasteiger partial charge in [0.05, 0.1) is 0 Å². The van der Waals surface area contributed by atoms with Crippen molar-refractivity contribution in [2.24, 2.45) is 11.7 Å². The highest BCUT2D eigenvalue weighted by Crippen LogP contribution is 2.27. The Balaban J connectivity index is 2.14. The minimum atomic E-state index is -3.43. The van der Waals surface area contributed by atoms with Crippen LogP contribution in [0.15, 0.2) is 10.3 Å². The zero-order valence-corrected chi connectivity index (χ0v) is 13.9. The first-order chi connectivity index (χ1) is 9.33. The average Bonchev–Trinajstić information content (AvgIpc) is 2.75. The Morgan fingerprint density at radius 1 is 1.55 bits per heavy atom. The largest absolute Gasteiger partial charge is 0.326 e. The van der Waals surface area contributed by atoms with Crippen molar-refractivity contribution in [3.8, 4) is 0 Å². The van der Waals surface area contributed by atoms with Gasteiger partial charge in [-0.1, -0.05) is 6.92 Å². The Bertz CT molecular complexity index is 568. The van der Waals surface area contributed by atoms with Crippen LogP contribution in [0.3, 0.4) is 0 Å². The normalized spacial score (nSPS) is 25.0. The maximum absolute atomic E-state index is 12.5. The molecule has 1 aromatic rings. The van der Waals surface area contributed by atoms with Crippen molar-refractivity contribution in [2.75, 3.05) is 20.1 Å². The second-order valence-corrected chi connectivity index (χ2v) is 8.71. The molecule has 0 saturated carbocycles. The van der Waals surface area contributed by atoms with E-state index in [1.807, 2.05) is 6.92 Å². The summed E-state index contributed by atoms with van der Waals surface area (Å²) in [6.45, 7) is 6.22. The summed E-state index contributed by atoms with van der Waals surface area (Å²) in [6.07, 6.45) is 0.852. The molecule has 2 rings (SSSR count). The fraction of sp³-hybridized carbons (Fsp3) is 0.692. The van der Waals surface area contributed by atoms with Gasteiger partial charge < -0.3 is 10.6 Å². The van der Waals surface area contributed by atoms with Crippen molar-refractivity contribution in [3.05, 3.63) is 16.5 Å². The van der Waals surface area contributed by atoms with Gasteiger partial charge in [-0.3, -0.25) is 0 Å². The van der Waals surface area contributed by atoms with Gasteiger partial charge in [0.1, 0.15) is 4.21 Å². The third kappa shape index (κ3) is 3.40. The first-order valence-corrected chi connectivity index (χ1v) is 9.13. The summed E-state index contributed by atoms with van der Waals surface area (Å²) in [5, 5.41) is 0. The molecule has 0 aliphatic carbocycles. The number of nitrogens with two attached hydrogens (primary N) is 1. The number of aryl methyl sites for hydroxylation is 1. The fourth-order valence-electron chi connectivity index (χ4n) is 2.61. The molecule has 2 unspecified atom stereocenters. The fourth-order valence-corrected chi connectivity index (χ4v) is 5.47. The summed E-state index contributed by atoms with van der Waals surface area (Å²) in [7, 11) is -1.36. The van der Waals surface area contributed by atoms with Crippen molar-refractivity contribution in [1.82, 2.24) is 9.62 Å². The lowest BCUT2D eigenvalue weighted by Crippen LogP contribution is -2.48. The lowest BCUT2D eigenvalue weighted by molar-refractivity contribution is 0.188. The molecule has 3 N–H and O–H groups in total. The van der Waals surface area contributed by atoms with E-state index in [-0.39, 0.29) is 6.04 Å². The molecule has 7 heteroatoms. The van der Waals surface area contributed by atoms with E-state index in [1.54, 1.807) is 6.07 Å². The summed E-state index contributed by atoms with van der Waals surface area (Å²) in [6, 6.07) is 1.73. The molecule has 1 fully saturated rings. The van der Waals surface area contributed by atoms with Crippen LogP contribution in [0.5, 0.6) is 0 Å². The Hall–Kier alpha value is -0.470. The van der Waals surface area contributed by atoms with Crippen molar-refractivity contribution in [3.63, 3.8) is 0 Å². The second-order valence-electron chi connectivity index (χ2n) is 5.63. The highest BCUT2D eigenvalue weighted by Gasteiger charge is 2.29. The van der Waals surface area contributed by atoms with E-state index in [0.717, 1.165) is 30.0 Å². The van der Waals surface area contributed by atoms with E-state index in [0.29, 0.717) is 16.7 Å². The first kappa shape index (κ1) is 15.9. The Kier molecular flexibility index (Phi) is 4.86. The number of nitrogens with zero attached hydrogens (tertiary/aromatic N) is 1.